The Labute approximate surface area is 145 Å². The number of rotatable bonds is 4. The molecule has 1 N–H and O–H groups in total. The number of phenolic OH excluding ortho intramolecular Hbond substituents is 1. The summed E-state index contributed by atoms with van der Waals surface area (Å²) >= 11 is 0. The predicted molar refractivity (Wildman–Crippen MR) is 97.8 cm³/mol. The van der Waals surface area contributed by atoms with Gasteiger partial charge in [-0.25, -0.2) is 0 Å². The summed E-state index contributed by atoms with van der Waals surface area (Å²) in [6.45, 7) is 8.94. The normalized spacial score (nSPS) is 32.1. The van der Waals surface area contributed by atoms with Crippen molar-refractivity contribution >= 4 is 0 Å². The van der Waals surface area contributed by atoms with Crippen LogP contribution in [-0.4, -0.2) is 10.7 Å². The highest BCUT2D eigenvalue weighted by Gasteiger charge is 2.77. The highest BCUT2D eigenvalue weighted by Crippen LogP contribution is 2.79. The molecule has 2 nitrogen and oxygen atoms in total. The van der Waals surface area contributed by atoms with Gasteiger partial charge in [0.2, 0.25) is 0 Å². The zero-order valence-corrected chi connectivity index (χ0v) is 15.5. The molecule has 0 spiro atoms. The summed E-state index contributed by atoms with van der Waals surface area (Å²) in [7, 11) is 0. The number of fused-ring (bicyclic) bond motifs is 1. The van der Waals surface area contributed by atoms with Crippen LogP contribution in [0, 0.1) is 5.41 Å². The van der Waals surface area contributed by atoms with Crippen molar-refractivity contribution in [2.75, 3.05) is 0 Å². The maximum absolute atomic E-state index is 10.9. The van der Waals surface area contributed by atoms with Gasteiger partial charge in [0, 0.05) is 16.4 Å². The summed E-state index contributed by atoms with van der Waals surface area (Å²) in [6, 6.07) is 4.19. The van der Waals surface area contributed by atoms with Crippen LogP contribution in [0.2, 0.25) is 0 Å². The van der Waals surface area contributed by atoms with Gasteiger partial charge >= 0.3 is 0 Å². The second-order valence-electron chi connectivity index (χ2n) is 8.78. The number of hydrogen-bond acceptors (Lipinski definition) is 2. The number of phenols is 1. The monoisotopic (exact) mass is 326 g/mol. The van der Waals surface area contributed by atoms with Gasteiger partial charge in [-0.3, -0.25) is 0 Å². The van der Waals surface area contributed by atoms with Gasteiger partial charge in [-0.2, -0.15) is 0 Å². The second-order valence-corrected chi connectivity index (χ2v) is 8.78. The molecule has 1 heterocycles. The van der Waals surface area contributed by atoms with E-state index in [2.05, 4.69) is 39.8 Å². The first-order valence-corrected chi connectivity index (χ1v) is 9.59. The lowest BCUT2D eigenvalue weighted by molar-refractivity contribution is -0.00329. The van der Waals surface area contributed by atoms with Crippen LogP contribution in [0.4, 0.5) is 0 Å². The Hall–Kier alpha value is -1.44. The predicted octanol–water partition coefficient (Wildman–Crippen LogP) is 5.66. The van der Waals surface area contributed by atoms with E-state index in [0.717, 1.165) is 30.6 Å². The minimum absolute atomic E-state index is 0.00154. The number of hydrogen-bond donors (Lipinski definition) is 1. The van der Waals surface area contributed by atoms with E-state index in [-0.39, 0.29) is 16.4 Å². The molecule has 2 heteroatoms. The van der Waals surface area contributed by atoms with Gasteiger partial charge in [0.1, 0.15) is 17.1 Å². The average molecular weight is 326 g/mol. The molecule has 24 heavy (non-hydrogen) atoms. The van der Waals surface area contributed by atoms with Crippen LogP contribution >= 0.6 is 0 Å². The number of unbranched alkanes of at least 4 members (excludes halogenated alkanes) is 2. The lowest BCUT2D eigenvalue weighted by atomic mass is 9.68. The molecular formula is C22H30O2. The first kappa shape index (κ1) is 16.1. The van der Waals surface area contributed by atoms with Gasteiger partial charge in [0.15, 0.2) is 0 Å². The smallest absolute Gasteiger partial charge is 0.128 e. The third kappa shape index (κ3) is 1.95. The molecular weight excluding hydrogens is 296 g/mol. The molecule has 1 fully saturated rings. The Morgan fingerprint density at radius 3 is 2.75 bits per heavy atom. The zero-order valence-electron chi connectivity index (χ0n) is 15.5. The third-order valence-electron chi connectivity index (χ3n) is 6.92. The van der Waals surface area contributed by atoms with E-state index in [4.69, 9.17) is 4.74 Å². The molecule has 2 aliphatic carbocycles. The number of benzene rings is 1. The molecule has 0 saturated heterocycles. The SMILES string of the molecule is CCCCCc1cc(O)c2c(c1)OC(C)(C)C13CCC(C)=C[C@@]21C3. The maximum atomic E-state index is 10.9. The molecule has 0 bridgehead atoms. The number of aromatic hydroxyl groups is 1. The second kappa shape index (κ2) is 5.03. The molecule has 0 amide bonds. The molecule has 1 unspecified atom stereocenters. The van der Waals surface area contributed by atoms with Crippen molar-refractivity contribution in [1.82, 2.24) is 0 Å². The molecule has 1 aromatic rings. The van der Waals surface area contributed by atoms with Crippen molar-refractivity contribution in [3.63, 3.8) is 0 Å². The minimum Gasteiger partial charge on any atom is -0.507 e. The lowest BCUT2D eigenvalue weighted by Crippen LogP contribution is -2.48. The summed E-state index contributed by atoms with van der Waals surface area (Å²) in [5.41, 5.74) is 3.70. The highest BCUT2D eigenvalue weighted by molar-refractivity contribution is 5.63. The van der Waals surface area contributed by atoms with Crippen LogP contribution in [0.25, 0.3) is 0 Å². The molecule has 0 radical (unpaired) electrons. The van der Waals surface area contributed by atoms with Crippen LogP contribution in [0.5, 0.6) is 11.5 Å². The van der Waals surface area contributed by atoms with Gasteiger partial charge in [-0.15, -0.1) is 0 Å². The fraction of sp³-hybridized carbons (Fsp3) is 0.636. The summed E-state index contributed by atoms with van der Waals surface area (Å²) in [6.07, 6.45) is 10.5. The highest BCUT2D eigenvalue weighted by atomic mass is 16.5. The van der Waals surface area contributed by atoms with Crippen LogP contribution in [0.1, 0.15) is 77.3 Å². The molecule has 4 rings (SSSR count). The Balaban J connectivity index is 1.80. The topological polar surface area (TPSA) is 29.5 Å². The van der Waals surface area contributed by atoms with Gasteiger partial charge in [0.25, 0.3) is 0 Å². The Kier molecular flexibility index (Phi) is 3.37. The first-order chi connectivity index (χ1) is 11.4. The van der Waals surface area contributed by atoms with Gasteiger partial charge < -0.3 is 9.84 Å². The minimum atomic E-state index is -0.175. The van der Waals surface area contributed by atoms with E-state index in [1.54, 1.807) is 0 Å². The fourth-order valence-electron chi connectivity index (χ4n) is 5.57. The molecule has 1 saturated carbocycles. The van der Waals surface area contributed by atoms with Gasteiger partial charge in [0.05, 0.1) is 0 Å². The van der Waals surface area contributed by atoms with Gasteiger partial charge in [-0.05, 0) is 70.6 Å². The van der Waals surface area contributed by atoms with E-state index in [9.17, 15) is 5.11 Å². The van der Waals surface area contributed by atoms with Crippen LogP contribution in [-0.2, 0) is 11.8 Å². The standard InChI is InChI=1S/C22H30O2/c1-5-6-7-8-16-11-17(23)19-18(12-16)24-20(3,4)22-10-9-15(2)13-21(19,22)14-22/h11-13,23H,5-10,14H2,1-4H3/t21-,22?/m1/s1. The van der Waals surface area contributed by atoms with E-state index in [1.165, 1.54) is 36.8 Å². The zero-order chi connectivity index (χ0) is 17.2. The Morgan fingerprint density at radius 1 is 1.21 bits per heavy atom. The largest absolute Gasteiger partial charge is 0.507 e. The van der Waals surface area contributed by atoms with Crippen LogP contribution in [0.3, 0.4) is 0 Å². The maximum Gasteiger partial charge on any atom is 0.128 e. The summed E-state index contributed by atoms with van der Waals surface area (Å²) in [5, 5.41) is 10.9. The third-order valence-corrected chi connectivity index (χ3v) is 6.92. The van der Waals surface area contributed by atoms with Crippen molar-refractivity contribution in [1.29, 1.82) is 0 Å². The van der Waals surface area contributed by atoms with Crippen molar-refractivity contribution in [3.05, 3.63) is 34.9 Å². The van der Waals surface area contributed by atoms with Gasteiger partial charge in [-0.1, -0.05) is 31.4 Å². The molecule has 2 atom stereocenters. The van der Waals surface area contributed by atoms with Crippen molar-refractivity contribution in [2.45, 2.75) is 83.7 Å². The van der Waals surface area contributed by atoms with E-state index < -0.39 is 0 Å². The summed E-state index contributed by atoms with van der Waals surface area (Å²) < 4.78 is 6.50. The molecule has 1 aliphatic heterocycles. The summed E-state index contributed by atoms with van der Waals surface area (Å²) in [4.78, 5) is 0. The van der Waals surface area contributed by atoms with E-state index in [0.29, 0.717) is 5.75 Å². The Morgan fingerprint density at radius 2 is 2.00 bits per heavy atom. The summed E-state index contributed by atoms with van der Waals surface area (Å²) in [5.74, 6) is 1.37. The fourth-order valence-corrected chi connectivity index (χ4v) is 5.57. The van der Waals surface area contributed by atoms with Crippen molar-refractivity contribution in [3.8, 4) is 11.5 Å². The van der Waals surface area contributed by atoms with Crippen LogP contribution < -0.4 is 4.74 Å². The average Bonchev–Trinajstić information content (AvgIpc) is 3.17. The lowest BCUT2D eigenvalue weighted by Gasteiger charge is -2.46. The first-order valence-electron chi connectivity index (χ1n) is 9.59. The quantitative estimate of drug-likeness (QED) is 0.571. The Bertz CT molecular complexity index is 715. The molecule has 3 aliphatic rings. The van der Waals surface area contributed by atoms with Crippen molar-refractivity contribution < 1.29 is 9.84 Å². The number of allylic oxidation sites excluding steroid dienone is 2. The van der Waals surface area contributed by atoms with E-state index in [1.807, 2.05) is 6.07 Å². The molecule has 0 aromatic heterocycles. The van der Waals surface area contributed by atoms with Crippen molar-refractivity contribution in [2.24, 2.45) is 5.41 Å². The molecule has 130 valence electrons. The van der Waals surface area contributed by atoms with Crippen LogP contribution in [0.15, 0.2) is 23.8 Å². The van der Waals surface area contributed by atoms with E-state index >= 15 is 0 Å². The number of aryl methyl sites for hydroxylation is 1. The number of ether oxygens (including phenoxy) is 1. The molecule has 1 aromatic carbocycles.